The van der Waals surface area contributed by atoms with Crippen molar-refractivity contribution in [2.24, 2.45) is 5.92 Å². The highest BCUT2D eigenvalue weighted by molar-refractivity contribution is 5.38. The fourth-order valence-electron chi connectivity index (χ4n) is 1.55. The lowest BCUT2D eigenvalue weighted by molar-refractivity contribution is 0.205. The zero-order valence-corrected chi connectivity index (χ0v) is 8.84. The molecule has 0 aliphatic heterocycles. The fraction of sp³-hybridized carbons (Fsp3) is 0.909. The molecule has 2 heteroatoms. The van der Waals surface area contributed by atoms with E-state index >= 15 is 0 Å². The van der Waals surface area contributed by atoms with Crippen molar-refractivity contribution in [2.75, 3.05) is 6.61 Å². The lowest BCUT2D eigenvalue weighted by atomic mass is 9.97. The zero-order chi connectivity index (χ0) is 9.94. The van der Waals surface area contributed by atoms with E-state index in [-0.39, 0.29) is 0 Å². The van der Waals surface area contributed by atoms with E-state index in [1.54, 1.807) is 0 Å². The number of ether oxygens (including phenoxy) is 1. The van der Waals surface area contributed by atoms with E-state index in [1.807, 2.05) is 0 Å². The smallest absolute Gasteiger partial charge is 0.417 e. The Bertz CT molecular complexity index is 113. The minimum atomic E-state index is 0.554. The van der Waals surface area contributed by atoms with Gasteiger partial charge in [0.15, 0.2) is 0 Å². The average molecular weight is 185 g/mol. The van der Waals surface area contributed by atoms with Crippen molar-refractivity contribution in [2.45, 2.75) is 52.4 Å². The van der Waals surface area contributed by atoms with Crippen molar-refractivity contribution in [1.29, 1.82) is 0 Å². The Kier molecular flexibility index (Phi) is 9.17. The van der Waals surface area contributed by atoms with Gasteiger partial charge >= 0.3 is 6.47 Å². The molecule has 77 valence electrons. The molecule has 0 saturated carbocycles. The van der Waals surface area contributed by atoms with Gasteiger partial charge in [-0.2, -0.15) is 0 Å². The van der Waals surface area contributed by atoms with Gasteiger partial charge in [-0.3, -0.25) is 0 Å². The molecule has 0 bridgehead atoms. The van der Waals surface area contributed by atoms with E-state index in [2.05, 4.69) is 18.6 Å². The number of hydrogen-bond donors (Lipinski definition) is 0. The van der Waals surface area contributed by atoms with Crippen LogP contribution in [0.3, 0.4) is 0 Å². The molecule has 0 amide bonds. The summed E-state index contributed by atoms with van der Waals surface area (Å²) in [6, 6.07) is 0. The average Bonchev–Trinajstić information content (AvgIpc) is 2.14. The molecule has 0 saturated heterocycles. The molecule has 0 aliphatic carbocycles. The van der Waals surface area contributed by atoms with Gasteiger partial charge in [-0.25, -0.2) is 4.79 Å². The Balaban J connectivity index is 3.46. The van der Waals surface area contributed by atoms with Crippen molar-refractivity contribution in [1.82, 2.24) is 0 Å². The van der Waals surface area contributed by atoms with Gasteiger partial charge in [0.05, 0.1) is 6.61 Å². The first-order chi connectivity index (χ1) is 6.35. The third-order valence-electron chi connectivity index (χ3n) is 2.29. The van der Waals surface area contributed by atoms with Gasteiger partial charge in [-0.1, -0.05) is 39.5 Å². The summed E-state index contributed by atoms with van der Waals surface area (Å²) in [5, 5.41) is 0. The second kappa shape index (κ2) is 9.56. The van der Waals surface area contributed by atoms with Crippen LogP contribution in [0.25, 0.3) is 0 Å². The van der Waals surface area contributed by atoms with E-state index in [1.165, 1.54) is 38.6 Å². The molecular weight excluding hydrogens is 164 g/mol. The van der Waals surface area contributed by atoms with Gasteiger partial charge in [-0.05, 0) is 18.8 Å². The van der Waals surface area contributed by atoms with Crippen LogP contribution in [0.5, 0.6) is 0 Å². The molecule has 0 aliphatic rings. The summed E-state index contributed by atoms with van der Waals surface area (Å²) < 4.78 is 4.67. The first-order valence-electron chi connectivity index (χ1n) is 5.34. The number of hydrogen-bond acceptors (Lipinski definition) is 2. The monoisotopic (exact) mass is 185 g/mol. The first-order valence-corrected chi connectivity index (χ1v) is 5.34. The lowest BCUT2D eigenvalue weighted by Crippen LogP contribution is -2.08. The Morgan fingerprint density at radius 1 is 1.15 bits per heavy atom. The minimum absolute atomic E-state index is 0.554. The molecule has 0 fully saturated rings. The summed E-state index contributed by atoms with van der Waals surface area (Å²) in [6.45, 7) is 6.42. The van der Waals surface area contributed by atoms with Gasteiger partial charge in [0, 0.05) is 0 Å². The third kappa shape index (κ3) is 7.82. The topological polar surface area (TPSA) is 26.3 Å². The largest absolute Gasteiger partial charge is 0.457 e. The SMILES string of the molecule is CCCCCC(CCC)CO[C]=O. The van der Waals surface area contributed by atoms with Crippen molar-refractivity contribution in [3.05, 3.63) is 0 Å². The number of carbonyl (C=O) groups excluding carboxylic acids is 1. The molecule has 0 aromatic heterocycles. The maximum Gasteiger partial charge on any atom is 0.417 e. The maximum atomic E-state index is 9.90. The highest BCUT2D eigenvalue weighted by atomic mass is 16.5. The highest BCUT2D eigenvalue weighted by Gasteiger charge is 2.07. The quantitative estimate of drug-likeness (QED) is 0.516. The van der Waals surface area contributed by atoms with Crippen LogP contribution in [0.4, 0.5) is 0 Å². The number of unbranched alkanes of at least 4 members (excludes halogenated alkanes) is 2. The molecule has 13 heavy (non-hydrogen) atoms. The van der Waals surface area contributed by atoms with E-state index in [0.717, 1.165) is 6.42 Å². The van der Waals surface area contributed by atoms with Gasteiger partial charge in [0.1, 0.15) is 0 Å². The summed E-state index contributed by atoms with van der Waals surface area (Å²) >= 11 is 0. The third-order valence-corrected chi connectivity index (χ3v) is 2.29. The van der Waals surface area contributed by atoms with Crippen molar-refractivity contribution in [3.63, 3.8) is 0 Å². The molecule has 1 atom stereocenters. The summed E-state index contributed by atoms with van der Waals surface area (Å²) in [5.41, 5.74) is 0. The fourth-order valence-corrected chi connectivity index (χ4v) is 1.55. The Hall–Kier alpha value is -0.530. The van der Waals surface area contributed by atoms with Crippen LogP contribution in [0.15, 0.2) is 0 Å². The van der Waals surface area contributed by atoms with Crippen LogP contribution in [-0.4, -0.2) is 13.1 Å². The van der Waals surface area contributed by atoms with Gasteiger partial charge in [-0.15, -0.1) is 0 Å². The van der Waals surface area contributed by atoms with Crippen LogP contribution < -0.4 is 0 Å². The van der Waals surface area contributed by atoms with Crippen molar-refractivity contribution >= 4 is 6.47 Å². The Morgan fingerprint density at radius 3 is 2.46 bits per heavy atom. The minimum Gasteiger partial charge on any atom is -0.457 e. The molecule has 0 rings (SSSR count). The van der Waals surface area contributed by atoms with Gasteiger partial charge < -0.3 is 4.74 Å². The molecule has 2 nitrogen and oxygen atoms in total. The van der Waals surface area contributed by atoms with Gasteiger partial charge in [0.25, 0.3) is 0 Å². The molecule has 1 radical (unpaired) electrons. The second-order valence-corrected chi connectivity index (χ2v) is 3.54. The lowest BCUT2D eigenvalue weighted by Gasteiger charge is -2.13. The van der Waals surface area contributed by atoms with E-state index in [9.17, 15) is 4.79 Å². The molecule has 0 spiro atoms. The maximum absolute atomic E-state index is 9.90. The molecule has 1 unspecified atom stereocenters. The second-order valence-electron chi connectivity index (χ2n) is 3.54. The van der Waals surface area contributed by atoms with E-state index in [0.29, 0.717) is 12.5 Å². The van der Waals surface area contributed by atoms with Crippen LogP contribution in [0.2, 0.25) is 0 Å². The van der Waals surface area contributed by atoms with Crippen LogP contribution in [0.1, 0.15) is 52.4 Å². The Morgan fingerprint density at radius 2 is 1.92 bits per heavy atom. The van der Waals surface area contributed by atoms with Crippen molar-refractivity contribution < 1.29 is 9.53 Å². The predicted octanol–water partition coefficient (Wildman–Crippen LogP) is 3.07. The summed E-state index contributed by atoms with van der Waals surface area (Å²) in [6.07, 6.45) is 7.29. The van der Waals surface area contributed by atoms with Gasteiger partial charge in [0.2, 0.25) is 0 Å². The van der Waals surface area contributed by atoms with Crippen LogP contribution >= 0.6 is 0 Å². The first kappa shape index (κ1) is 12.5. The van der Waals surface area contributed by atoms with Crippen LogP contribution in [-0.2, 0) is 9.53 Å². The summed E-state index contributed by atoms with van der Waals surface area (Å²) in [5.74, 6) is 0.554. The normalized spacial score (nSPS) is 12.5. The molecule has 0 N–H and O–H groups in total. The predicted molar refractivity (Wildman–Crippen MR) is 54.2 cm³/mol. The summed E-state index contributed by atoms with van der Waals surface area (Å²) in [7, 11) is 0. The highest BCUT2D eigenvalue weighted by Crippen LogP contribution is 2.15. The zero-order valence-electron chi connectivity index (χ0n) is 8.84. The van der Waals surface area contributed by atoms with Crippen LogP contribution in [0, 0.1) is 5.92 Å². The molecule has 0 aromatic rings. The molecular formula is C11H21O2. The summed E-state index contributed by atoms with van der Waals surface area (Å²) in [4.78, 5) is 9.90. The molecule has 0 aromatic carbocycles. The van der Waals surface area contributed by atoms with Crippen molar-refractivity contribution in [3.8, 4) is 0 Å². The van der Waals surface area contributed by atoms with E-state index in [4.69, 9.17) is 0 Å². The van der Waals surface area contributed by atoms with E-state index < -0.39 is 0 Å². The Labute approximate surface area is 81.7 Å². The number of rotatable bonds is 9. The molecule has 0 heterocycles. The standard InChI is InChI=1S/C11H21O2/c1-3-5-6-8-11(7-4-2)9-13-10-12/h11H,3-9H2,1-2H3.